The van der Waals surface area contributed by atoms with E-state index in [1.54, 1.807) is 24.3 Å². The molecular weight excluding hydrogens is 332 g/mol. The molecule has 118 valence electrons. The highest BCUT2D eigenvalue weighted by molar-refractivity contribution is 8.18. The maximum absolute atomic E-state index is 12.0. The fraction of sp³-hybridized carbons (Fsp3) is 0. The van der Waals surface area contributed by atoms with Crippen LogP contribution in [0.1, 0.15) is 11.3 Å². The number of amidine groups is 1. The summed E-state index contributed by atoms with van der Waals surface area (Å²) in [5, 5.41) is 22.5. The maximum Gasteiger partial charge on any atom is 0.433 e. The van der Waals surface area contributed by atoms with Crippen molar-refractivity contribution in [3.63, 3.8) is 0 Å². The van der Waals surface area contributed by atoms with Crippen LogP contribution < -0.4 is 5.32 Å². The van der Waals surface area contributed by atoms with E-state index in [4.69, 9.17) is 9.68 Å². The zero-order chi connectivity index (χ0) is 17.1. The van der Waals surface area contributed by atoms with Crippen molar-refractivity contribution in [1.82, 2.24) is 5.32 Å². The number of carbonyl (C=O) groups is 1. The molecule has 1 N–H and O–H groups in total. The molecule has 1 saturated heterocycles. The van der Waals surface area contributed by atoms with Gasteiger partial charge in [0.1, 0.15) is 16.8 Å². The van der Waals surface area contributed by atoms with E-state index < -0.39 is 16.7 Å². The van der Waals surface area contributed by atoms with Gasteiger partial charge in [-0.15, -0.1) is 0 Å². The zero-order valence-electron chi connectivity index (χ0n) is 11.9. The number of hydrogen-bond acceptors (Lipinski definition) is 7. The van der Waals surface area contributed by atoms with Crippen molar-refractivity contribution in [3.8, 4) is 6.07 Å². The number of nitrogens with zero attached hydrogens (tertiary/aromatic N) is 3. The molecule has 24 heavy (non-hydrogen) atoms. The fourth-order valence-electron chi connectivity index (χ4n) is 1.90. The highest BCUT2D eigenvalue weighted by atomic mass is 32.2. The summed E-state index contributed by atoms with van der Waals surface area (Å²) in [6, 6.07) is 11.4. The van der Waals surface area contributed by atoms with E-state index in [1.165, 1.54) is 18.2 Å². The van der Waals surface area contributed by atoms with Gasteiger partial charge in [-0.25, -0.2) is 4.99 Å². The number of carbonyl (C=O) groups excluding carboxylic acids is 1. The highest BCUT2D eigenvalue weighted by Gasteiger charge is 2.25. The van der Waals surface area contributed by atoms with E-state index in [1.807, 2.05) is 6.07 Å². The van der Waals surface area contributed by atoms with Gasteiger partial charge in [0.05, 0.1) is 22.2 Å². The Balaban J connectivity index is 1.85. The normalized spacial score (nSPS) is 17.0. The van der Waals surface area contributed by atoms with E-state index in [0.717, 1.165) is 11.8 Å². The lowest BCUT2D eigenvalue weighted by atomic mass is 10.2. The summed E-state index contributed by atoms with van der Waals surface area (Å²) in [6.07, 6.45) is 1.39. The lowest BCUT2D eigenvalue weighted by Gasteiger charge is -1.98. The molecule has 1 aliphatic rings. The van der Waals surface area contributed by atoms with E-state index >= 15 is 0 Å². The molecule has 1 fully saturated rings. The van der Waals surface area contributed by atoms with Crippen LogP contribution in [0.3, 0.4) is 0 Å². The number of thioether (sulfide) groups is 1. The van der Waals surface area contributed by atoms with Crippen LogP contribution in [-0.2, 0) is 4.79 Å². The number of benzene rings is 1. The standard InChI is InChI=1S/C15H8N4O4S/c16-8-9-3-1-2-4-11(9)17-15-18-14(20)12(24-15)7-10-5-6-13(23-10)19(21)22/h1-7H,(H,17,18,20)/b12-7-. The number of nitro groups is 1. The number of nitrogens with one attached hydrogen (secondary N) is 1. The lowest BCUT2D eigenvalue weighted by Crippen LogP contribution is -2.19. The van der Waals surface area contributed by atoms with E-state index in [2.05, 4.69) is 10.3 Å². The van der Waals surface area contributed by atoms with Crippen molar-refractivity contribution in [2.24, 2.45) is 4.99 Å². The maximum atomic E-state index is 12.0. The molecule has 2 heterocycles. The molecule has 8 nitrogen and oxygen atoms in total. The monoisotopic (exact) mass is 340 g/mol. The fourth-order valence-corrected chi connectivity index (χ4v) is 2.72. The first kappa shape index (κ1) is 15.5. The Labute approximate surface area is 139 Å². The van der Waals surface area contributed by atoms with Gasteiger partial charge < -0.3 is 9.73 Å². The molecule has 1 aromatic carbocycles. The van der Waals surface area contributed by atoms with Gasteiger partial charge >= 0.3 is 5.88 Å². The molecule has 0 bridgehead atoms. The number of rotatable bonds is 3. The van der Waals surface area contributed by atoms with Gasteiger partial charge in [-0.2, -0.15) is 5.26 Å². The number of amides is 1. The van der Waals surface area contributed by atoms with Gasteiger partial charge in [-0.05, 0) is 30.0 Å². The summed E-state index contributed by atoms with van der Waals surface area (Å²) in [5.41, 5.74) is 0.830. The molecule has 0 atom stereocenters. The highest BCUT2D eigenvalue weighted by Crippen LogP contribution is 2.30. The summed E-state index contributed by atoms with van der Waals surface area (Å²) in [6.45, 7) is 0. The first-order valence-electron chi connectivity index (χ1n) is 6.60. The Morgan fingerprint density at radius 2 is 2.12 bits per heavy atom. The van der Waals surface area contributed by atoms with Crippen molar-refractivity contribution in [3.05, 3.63) is 62.7 Å². The number of para-hydroxylation sites is 1. The SMILES string of the molecule is N#Cc1ccccc1N=C1NC(=O)/C(=C/c2ccc([N+](=O)[O-])o2)S1. The smallest absolute Gasteiger partial charge is 0.401 e. The predicted octanol–water partition coefficient (Wildman–Crippen LogP) is 2.95. The van der Waals surface area contributed by atoms with Crippen molar-refractivity contribution in [2.45, 2.75) is 0 Å². The minimum atomic E-state index is -0.657. The molecule has 2 aromatic rings. The largest absolute Gasteiger partial charge is 0.433 e. The third-order valence-corrected chi connectivity index (χ3v) is 3.87. The van der Waals surface area contributed by atoms with Crippen molar-refractivity contribution in [1.29, 1.82) is 5.26 Å². The lowest BCUT2D eigenvalue weighted by molar-refractivity contribution is -0.402. The van der Waals surface area contributed by atoms with Crippen LogP contribution in [-0.4, -0.2) is 16.0 Å². The molecule has 0 saturated carbocycles. The summed E-state index contributed by atoms with van der Waals surface area (Å²) < 4.78 is 4.99. The van der Waals surface area contributed by atoms with Crippen LogP contribution in [0, 0.1) is 21.4 Å². The molecule has 0 radical (unpaired) electrons. The van der Waals surface area contributed by atoms with Crippen LogP contribution in [0.2, 0.25) is 0 Å². The van der Waals surface area contributed by atoms with Gasteiger partial charge in [0.25, 0.3) is 5.91 Å². The van der Waals surface area contributed by atoms with Gasteiger partial charge in [-0.3, -0.25) is 14.9 Å². The molecule has 0 spiro atoms. The molecule has 1 aliphatic heterocycles. The van der Waals surface area contributed by atoms with Crippen molar-refractivity contribution >= 4 is 40.5 Å². The second-order valence-electron chi connectivity index (χ2n) is 4.54. The molecule has 1 aromatic heterocycles. The van der Waals surface area contributed by atoms with Crippen molar-refractivity contribution < 1.29 is 14.1 Å². The third-order valence-electron chi connectivity index (χ3n) is 2.96. The van der Waals surface area contributed by atoms with Gasteiger partial charge in [0.2, 0.25) is 0 Å². The molecule has 0 unspecified atom stereocenters. The number of aliphatic imine (C=N–C) groups is 1. The van der Waals surface area contributed by atoms with E-state index in [0.29, 0.717) is 16.4 Å². The summed E-state index contributed by atoms with van der Waals surface area (Å²) in [7, 11) is 0. The van der Waals surface area contributed by atoms with E-state index in [9.17, 15) is 14.9 Å². The Bertz CT molecular complexity index is 939. The first-order valence-corrected chi connectivity index (χ1v) is 7.41. The molecular formula is C15H8N4O4S. The molecule has 9 heteroatoms. The van der Waals surface area contributed by atoms with Crippen LogP contribution in [0.15, 0.2) is 50.7 Å². The van der Waals surface area contributed by atoms with Crippen molar-refractivity contribution in [2.75, 3.05) is 0 Å². The summed E-state index contributed by atoms with van der Waals surface area (Å²) in [4.78, 5) is 26.4. The number of furan rings is 1. The second-order valence-corrected chi connectivity index (χ2v) is 5.57. The van der Waals surface area contributed by atoms with Crippen LogP contribution in [0.4, 0.5) is 11.6 Å². The average Bonchev–Trinajstić information content (AvgIpc) is 3.16. The van der Waals surface area contributed by atoms with Crippen LogP contribution in [0.25, 0.3) is 6.08 Å². The van der Waals surface area contributed by atoms with E-state index in [-0.39, 0.29) is 10.7 Å². The van der Waals surface area contributed by atoms with Gasteiger partial charge in [-0.1, -0.05) is 12.1 Å². The average molecular weight is 340 g/mol. The third kappa shape index (κ3) is 3.18. The zero-order valence-corrected chi connectivity index (χ0v) is 12.7. The second kappa shape index (κ2) is 6.39. The van der Waals surface area contributed by atoms with Crippen LogP contribution in [0.5, 0.6) is 0 Å². The quantitative estimate of drug-likeness (QED) is 0.521. The Kier molecular flexibility index (Phi) is 4.13. The summed E-state index contributed by atoms with van der Waals surface area (Å²) in [5.74, 6) is -0.604. The first-order chi connectivity index (χ1) is 11.6. The molecule has 1 amide bonds. The Morgan fingerprint density at radius 3 is 2.83 bits per heavy atom. The number of hydrogen-bond donors (Lipinski definition) is 1. The summed E-state index contributed by atoms with van der Waals surface area (Å²) >= 11 is 1.06. The van der Waals surface area contributed by atoms with Crippen LogP contribution >= 0.6 is 11.8 Å². The minimum absolute atomic E-state index is 0.193. The Hall–Kier alpha value is -3.38. The van der Waals surface area contributed by atoms with Gasteiger partial charge in [0, 0.05) is 6.08 Å². The Morgan fingerprint density at radius 1 is 1.33 bits per heavy atom. The van der Waals surface area contributed by atoms with Gasteiger partial charge in [0.15, 0.2) is 5.17 Å². The number of nitriles is 1. The molecule has 3 rings (SSSR count). The predicted molar refractivity (Wildman–Crippen MR) is 87.3 cm³/mol. The molecule has 0 aliphatic carbocycles. The minimum Gasteiger partial charge on any atom is -0.401 e. The topological polar surface area (TPSA) is 122 Å².